The highest BCUT2D eigenvalue weighted by Crippen LogP contribution is 2.50. The van der Waals surface area contributed by atoms with Crippen molar-refractivity contribution in [3.8, 4) is 0 Å². The Kier molecular flexibility index (Phi) is 2.72. The Labute approximate surface area is 95.5 Å². The maximum atomic E-state index is 10.9. The molecule has 0 saturated heterocycles. The smallest absolute Gasteiger partial charge is 0.221 e. The van der Waals surface area contributed by atoms with Crippen molar-refractivity contribution < 1.29 is 9.90 Å². The summed E-state index contributed by atoms with van der Waals surface area (Å²) in [5, 5.41) is 12.5. The molecule has 3 nitrogen and oxygen atoms in total. The van der Waals surface area contributed by atoms with Gasteiger partial charge in [0.05, 0.1) is 6.10 Å². The fourth-order valence-electron chi connectivity index (χ4n) is 2.17. The van der Waals surface area contributed by atoms with Gasteiger partial charge in [0, 0.05) is 18.0 Å². The van der Waals surface area contributed by atoms with Crippen LogP contribution in [0.4, 0.5) is 5.69 Å². The van der Waals surface area contributed by atoms with Crippen LogP contribution < -0.4 is 5.32 Å². The zero-order valence-corrected chi connectivity index (χ0v) is 9.66. The highest BCUT2D eigenvalue weighted by molar-refractivity contribution is 5.88. The fraction of sp³-hybridized carbons (Fsp3) is 0.462. The summed E-state index contributed by atoms with van der Waals surface area (Å²) >= 11 is 0. The second-order valence-corrected chi connectivity index (χ2v) is 4.59. The van der Waals surface area contributed by atoms with Crippen LogP contribution >= 0.6 is 0 Å². The van der Waals surface area contributed by atoms with Gasteiger partial charge in [0.1, 0.15) is 0 Å². The third-order valence-corrected chi connectivity index (χ3v) is 3.37. The molecule has 1 aliphatic rings. The highest BCUT2D eigenvalue weighted by Gasteiger charge is 2.48. The van der Waals surface area contributed by atoms with E-state index in [1.165, 1.54) is 6.92 Å². The molecule has 1 unspecified atom stereocenters. The predicted molar refractivity (Wildman–Crippen MR) is 63.3 cm³/mol. The van der Waals surface area contributed by atoms with Crippen molar-refractivity contribution in [1.82, 2.24) is 0 Å². The van der Waals surface area contributed by atoms with Crippen molar-refractivity contribution in [1.29, 1.82) is 0 Å². The van der Waals surface area contributed by atoms with Crippen molar-refractivity contribution >= 4 is 11.6 Å². The van der Waals surface area contributed by atoms with E-state index in [0.717, 1.165) is 24.1 Å². The van der Waals surface area contributed by atoms with Crippen LogP contribution in [0, 0.1) is 0 Å². The Morgan fingerprint density at radius 2 is 1.94 bits per heavy atom. The Hall–Kier alpha value is -1.35. The van der Waals surface area contributed by atoms with Crippen molar-refractivity contribution in [2.75, 3.05) is 5.32 Å². The third kappa shape index (κ3) is 1.95. The van der Waals surface area contributed by atoms with E-state index in [0.29, 0.717) is 0 Å². The predicted octanol–water partition coefficient (Wildman–Crippen LogP) is 2.06. The lowest BCUT2D eigenvalue weighted by atomic mass is 9.91. The molecule has 1 aromatic carbocycles. The van der Waals surface area contributed by atoms with Crippen LogP contribution in [-0.4, -0.2) is 17.1 Å². The molecule has 1 amide bonds. The molecule has 0 bridgehead atoms. The summed E-state index contributed by atoms with van der Waals surface area (Å²) in [5.41, 5.74) is 1.93. The third-order valence-electron chi connectivity index (χ3n) is 3.37. The molecule has 1 atom stereocenters. The number of amides is 1. The van der Waals surface area contributed by atoms with Gasteiger partial charge in [-0.2, -0.15) is 0 Å². The van der Waals surface area contributed by atoms with Gasteiger partial charge in [-0.15, -0.1) is 0 Å². The Morgan fingerprint density at radius 1 is 1.38 bits per heavy atom. The summed E-state index contributed by atoms with van der Waals surface area (Å²) < 4.78 is 0. The number of aliphatic hydroxyl groups is 1. The van der Waals surface area contributed by atoms with Crippen LogP contribution in [0.15, 0.2) is 24.3 Å². The van der Waals surface area contributed by atoms with Gasteiger partial charge in [0.15, 0.2) is 0 Å². The van der Waals surface area contributed by atoms with E-state index in [1.807, 2.05) is 31.2 Å². The van der Waals surface area contributed by atoms with Gasteiger partial charge in [-0.1, -0.05) is 12.1 Å². The largest absolute Gasteiger partial charge is 0.392 e. The van der Waals surface area contributed by atoms with Crippen molar-refractivity contribution in [3.63, 3.8) is 0 Å². The molecule has 0 aliphatic heterocycles. The molecular weight excluding hydrogens is 202 g/mol. The minimum Gasteiger partial charge on any atom is -0.392 e. The maximum absolute atomic E-state index is 10.9. The van der Waals surface area contributed by atoms with Gasteiger partial charge in [0.25, 0.3) is 0 Å². The molecular formula is C13H17NO2. The van der Waals surface area contributed by atoms with Crippen molar-refractivity contribution in [3.05, 3.63) is 29.8 Å². The Bertz CT molecular complexity index is 391. The minimum absolute atomic E-state index is 0.0330. The lowest BCUT2D eigenvalue weighted by molar-refractivity contribution is -0.114. The van der Waals surface area contributed by atoms with Gasteiger partial charge < -0.3 is 10.4 Å². The summed E-state index contributed by atoms with van der Waals surface area (Å²) in [4.78, 5) is 10.9. The zero-order chi connectivity index (χ0) is 11.8. The summed E-state index contributed by atoms with van der Waals surface area (Å²) in [7, 11) is 0. The van der Waals surface area contributed by atoms with E-state index in [1.54, 1.807) is 0 Å². The second kappa shape index (κ2) is 3.91. The minimum atomic E-state index is -0.306. The van der Waals surface area contributed by atoms with Crippen molar-refractivity contribution in [2.45, 2.75) is 38.2 Å². The molecule has 16 heavy (non-hydrogen) atoms. The van der Waals surface area contributed by atoms with E-state index in [9.17, 15) is 9.90 Å². The lowest BCUT2D eigenvalue weighted by Gasteiger charge is -2.19. The van der Waals surface area contributed by atoms with Gasteiger partial charge in [-0.25, -0.2) is 0 Å². The molecule has 86 valence electrons. The molecule has 2 rings (SSSR count). The molecule has 0 radical (unpaired) electrons. The van der Waals surface area contributed by atoms with Crippen LogP contribution in [-0.2, 0) is 10.2 Å². The molecule has 0 spiro atoms. The van der Waals surface area contributed by atoms with E-state index >= 15 is 0 Å². The molecule has 0 heterocycles. The van der Waals surface area contributed by atoms with Gasteiger partial charge >= 0.3 is 0 Å². The van der Waals surface area contributed by atoms with E-state index in [4.69, 9.17) is 0 Å². The molecule has 1 fully saturated rings. The molecule has 0 aromatic heterocycles. The summed E-state index contributed by atoms with van der Waals surface area (Å²) in [5.74, 6) is -0.0654. The van der Waals surface area contributed by atoms with Crippen LogP contribution in [0.2, 0.25) is 0 Å². The maximum Gasteiger partial charge on any atom is 0.221 e. The highest BCUT2D eigenvalue weighted by atomic mass is 16.3. The van der Waals surface area contributed by atoms with Gasteiger partial charge in [-0.3, -0.25) is 4.79 Å². The van der Waals surface area contributed by atoms with E-state index in [-0.39, 0.29) is 17.4 Å². The molecule has 1 saturated carbocycles. The van der Waals surface area contributed by atoms with E-state index < -0.39 is 0 Å². The SMILES string of the molecule is CC(=O)Nc1ccc(C2(C(C)O)CC2)cc1. The zero-order valence-electron chi connectivity index (χ0n) is 9.66. The quantitative estimate of drug-likeness (QED) is 0.817. The number of rotatable bonds is 3. The first-order chi connectivity index (χ1) is 7.54. The Balaban J connectivity index is 2.17. The second-order valence-electron chi connectivity index (χ2n) is 4.59. The topological polar surface area (TPSA) is 49.3 Å². The van der Waals surface area contributed by atoms with Crippen LogP contribution in [0.5, 0.6) is 0 Å². The van der Waals surface area contributed by atoms with Crippen LogP contribution in [0.3, 0.4) is 0 Å². The summed E-state index contributed by atoms with van der Waals surface area (Å²) in [6, 6.07) is 7.76. The average Bonchev–Trinajstić information content (AvgIpc) is 2.98. The number of hydrogen-bond acceptors (Lipinski definition) is 2. The van der Waals surface area contributed by atoms with Crippen LogP contribution in [0.25, 0.3) is 0 Å². The number of carbonyl (C=O) groups excluding carboxylic acids is 1. The summed E-state index contributed by atoms with van der Waals surface area (Å²) in [6.07, 6.45) is 1.79. The van der Waals surface area contributed by atoms with Crippen molar-refractivity contribution in [2.24, 2.45) is 0 Å². The first-order valence-corrected chi connectivity index (χ1v) is 5.61. The number of hydrogen-bond donors (Lipinski definition) is 2. The number of nitrogens with one attached hydrogen (secondary N) is 1. The number of aliphatic hydroxyl groups excluding tert-OH is 1. The number of carbonyl (C=O) groups is 1. The van der Waals surface area contributed by atoms with E-state index in [2.05, 4.69) is 5.32 Å². The molecule has 3 heteroatoms. The fourth-order valence-corrected chi connectivity index (χ4v) is 2.17. The molecule has 1 aliphatic carbocycles. The van der Waals surface area contributed by atoms with Gasteiger partial charge in [-0.05, 0) is 37.5 Å². The monoisotopic (exact) mass is 219 g/mol. The molecule has 2 N–H and O–H groups in total. The van der Waals surface area contributed by atoms with Gasteiger partial charge in [0.2, 0.25) is 5.91 Å². The number of benzene rings is 1. The standard InChI is InChI=1S/C13H17NO2/c1-9(15)13(7-8-13)11-3-5-12(6-4-11)14-10(2)16/h3-6,9,15H,7-8H2,1-2H3,(H,14,16). The lowest BCUT2D eigenvalue weighted by Crippen LogP contribution is -2.22. The summed E-state index contributed by atoms with van der Waals surface area (Å²) in [6.45, 7) is 3.33. The first-order valence-electron chi connectivity index (χ1n) is 5.61. The molecule has 1 aromatic rings. The number of anilines is 1. The normalized spacial score (nSPS) is 18.9. The average molecular weight is 219 g/mol. The first kappa shape index (κ1) is 11.1. The Morgan fingerprint density at radius 3 is 2.31 bits per heavy atom. The van der Waals surface area contributed by atoms with Crippen LogP contribution in [0.1, 0.15) is 32.3 Å².